The van der Waals surface area contributed by atoms with Crippen LogP contribution in [0.15, 0.2) is 88.4 Å². The molecule has 29 heavy (non-hydrogen) atoms. The molecule has 3 nitrogen and oxygen atoms in total. The number of carbonyl (C=O) groups is 1. The molecular formula is C24H21BrN2OS. The summed E-state index contributed by atoms with van der Waals surface area (Å²) in [5.41, 5.74) is 4.53. The van der Waals surface area contributed by atoms with Crippen LogP contribution in [0.1, 0.15) is 11.1 Å². The SMILES string of the molecule is Cc1cccc(Cn2cc(SCC(=O)Nc3ccc(Br)cc3)c3ccccc32)c1. The number of nitrogens with zero attached hydrogens (tertiary/aromatic N) is 1. The van der Waals surface area contributed by atoms with Crippen molar-refractivity contribution in [3.8, 4) is 0 Å². The van der Waals surface area contributed by atoms with Gasteiger partial charge in [-0.15, -0.1) is 11.8 Å². The molecule has 0 unspecified atom stereocenters. The van der Waals surface area contributed by atoms with E-state index in [1.807, 2.05) is 30.3 Å². The van der Waals surface area contributed by atoms with Crippen LogP contribution < -0.4 is 5.32 Å². The molecule has 1 amide bonds. The van der Waals surface area contributed by atoms with Crippen molar-refractivity contribution >= 4 is 50.2 Å². The van der Waals surface area contributed by atoms with E-state index in [4.69, 9.17) is 0 Å². The average molecular weight is 465 g/mol. The molecule has 0 atom stereocenters. The molecule has 4 aromatic rings. The smallest absolute Gasteiger partial charge is 0.234 e. The van der Waals surface area contributed by atoms with Crippen molar-refractivity contribution in [2.45, 2.75) is 18.4 Å². The predicted octanol–water partition coefficient (Wildman–Crippen LogP) is 6.49. The Hall–Kier alpha value is -2.50. The zero-order valence-electron chi connectivity index (χ0n) is 16.1. The Morgan fingerprint density at radius 2 is 1.83 bits per heavy atom. The van der Waals surface area contributed by atoms with Crippen LogP contribution in [0.25, 0.3) is 10.9 Å². The molecule has 0 radical (unpaired) electrons. The van der Waals surface area contributed by atoms with Crippen LogP contribution in [0.2, 0.25) is 0 Å². The Labute approximate surface area is 183 Å². The highest BCUT2D eigenvalue weighted by Crippen LogP contribution is 2.30. The van der Waals surface area contributed by atoms with Gasteiger partial charge in [0.05, 0.1) is 5.75 Å². The third kappa shape index (κ3) is 4.92. The van der Waals surface area contributed by atoms with E-state index in [9.17, 15) is 4.79 Å². The molecule has 0 saturated carbocycles. The van der Waals surface area contributed by atoms with Crippen molar-refractivity contribution < 1.29 is 4.79 Å². The van der Waals surface area contributed by atoms with E-state index in [-0.39, 0.29) is 5.91 Å². The predicted molar refractivity (Wildman–Crippen MR) is 126 cm³/mol. The maximum atomic E-state index is 12.4. The Kier molecular flexibility index (Phi) is 6.07. The summed E-state index contributed by atoms with van der Waals surface area (Å²) in [4.78, 5) is 13.5. The van der Waals surface area contributed by atoms with Gasteiger partial charge >= 0.3 is 0 Å². The highest BCUT2D eigenvalue weighted by molar-refractivity contribution is 9.10. The number of nitrogens with one attached hydrogen (secondary N) is 1. The first kappa shape index (κ1) is 19.8. The molecule has 4 rings (SSSR count). The van der Waals surface area contributed by atoms with Crippen molar-refractivity contribution in [2.75, 3.05) is 11.1 Å². The second kappa shape index (κ2) is 8.89. The Morgan fingerprint density at radius 3 is 2.62 bits per heavy atom. The maximum absolute atomic E-state index is 12.4. The van der Waals surface area contributed by atoms with Crippen LogP contribution in [0, 0.1) is 6.92 Å². The van der Waals surface area contributed by atoms with Crippen molar-refractivity contribution in [3.05, 3.63) is 94.6 Å². The summed E-state index contributed by atoms with van der Waals surface area (Å²) in [6.45, 7) is 2.93. The number of rotatable bonds is 6. The molecule has 0 fully saturated rings. The standard InChI is InChI=1S/C24H21BrN2OS/c1-17-5-4-6-18(13-17)14-27-15-23(21-7-2-3-8-22(21)27)29-16-24(28)26-20-11-9-19(25)10-12-20/h2-13,15H,14,16H2,1H3,(H,26,28). The molecule has 1 aromatic heterocycles. The fourth-order valence-corrected chi connectivity index (χ4v) is 4.49. The molecule has 1 N–H and O–H groups in total. The van der Waals surface area contributed by atoms with Gasteiger partial charge < -0.3 is 9.88 Å². The highest BCUT2D eigenvalue weighted by Gasteiger charge is 2.11. The molecule has 0 saturated heterocycles. The molecular weight excluding hydrogens is 444 g/mol. The summed E-state index contributed by atoms with van der Waals surface area (Å²) in [7, 11) is 0. The zero-order chi connectivity index (χ0) is 20.2. The number of benzene rings is 3. The van der Waals surface area contributed by atoms with Gasteiger partial charge in [0.2, 0.25) is 5.91 Å². The normalized spacial score (nSPS) is 11.0. The summed E-state index contributed by atoms with van der Waals surface area (Å²) < 4.78 is 3.25. The van der Waals surface area contributed by atoms with Crippen LogP contribution in [0.3, 0.4) is 0 Å². The number of aromatic nitrogens is 1. The van der Waals surface area contributed by atoms with E-state index >= 15 is 0 Å². The first-order chi connectivity index (χ1) is 14.1. The summed E-state index contributed by atoms with van der Waals surface area (Å²) >= 11 is 4.98. The Bertz CT molecular complexity index is 1150. The number of hydrogen-bond acceptors (Lipinski definition) is 2. The van der Waals surface area contributed by atoms with Crippen LogP contribution in [-0.4, -0.2) is 16.2 Å². The lowest BCUT2D eigenvalue weighted by Gasteiger charge is -2.06. The number of halogens is 1. The summed E-state index contributed by atoms with van der Waals surface area (Å²) in [5.74, 6) is 0.363. The first-order valence-electron chi connectivity index (χ1n) is 9.40. The zero-order valence-corrected chi connectivity index (χ0v) is 18.5. The Morgan fingerprint density at radius 1 is 1.03 bits per heavy atom. The van der Waals surface area contributed by atoms with Gasteiger partial charge in [0.1, 0.15) is 0 Å². The van der Waals surface area contributed by atoms with Gasteiger partial charge in [0.15, 0.2) is 0 Å². The van der Waals surface area contributed by atoms with Crippen molar-refractivity contribution in [3.63, 3.8) is 0 Å². The first-order valence-corrected chi connectivity index (χ1v) is 11.2. The summed E-state index contributed by atoms with van der Waals surface area (Å²) in [6, 6.07) is 24.6. The Balaban J connectivity index is 1.50. The molecule has 146 valence electrons. The van der Waals surface area contributed by atoms with Gasteiger partial charge in [0, 0.05) is 38.7 Å². The van der Waals surface area contributed by atoms with E-state index in [0.29, 0.717) is 5.75 Å². The monoisotopic (exact) mass is 464 g/mol. The lowest BCUT2D eigenvalue weighted by atomic mass is 10.1. The van der Waals surface area contributed by atoms with Crippen LogP contribution in [0.4, 0.5) is 5.69 Å². The van der Waals surface area contributed by atoms with Crippen molar-refractivity contribution in [1.82, 2.24) is 4.57 Å². The largest absolute Gasteiger partial charge is 0.342 e. The third-order valence-corrected chi connectivity index (χ3v) is 6.25. The fourth-order valence-electron chi connectivity index (χ4n) is 3.34. The van der Waals surface area contributed by atoms with E-state index < -0.39 is 0 Å². The minimum atomic E-state index is -0.00663. The number of fused-ring (bicyclic) bond motifs is 1. The quantitative estimate of drug-likeness (QED) is 0.330. The molecule has 0 aliphatic heterocycles. The van der Waals surface area contributed by atoms with Crippen molar-refractivity contribution in [2.24, 2.45) is 0 Å². The number of para-hydroxylation sites is 1. The van der Waals surface area contributed by atoms with Gasteiger partial charge in [-0.25, -0.2) is 0 Å². The molecule has 1 heterocycles. The lowest BCUT2D eigenvalue weighted by Crippen LogP contribution is -2.13. The molecule has 5 heteroatoms. The van der Waals surface area contributed by atoms with E-state index in [2.05, 4.69) is 81.4 Å². The van der Waals surface area contributed by atoms with E-state index in [1.165, 1.54) is 22.0 Å². The van der Waals surface area contributed by atoms with Gasteiger partial charge in [-0.2, -0.15) is 0 Å². The molecule has 3 aromatic carbocycles. The number of hydrogen-bond donors (Lipinski definition) is 1. The number of thioether (sulfide) groups is 1. The summed E-state index contributed by atoms with van der Waals surface area (Å²) in [6.07, 6.45) is 2.16. The fraction of sp³-hybridized carbons (Fsp3) is 0.125. The average Bonchev–Trinajstić information content (AvgIpc) is 3.06. The molecule has 0 spiro atoms. The van der Waals surface area contributed by atoms with Crippen LogP contribution in [-0.2, 0) is 11.3 Å². The topological polar surface area (TPSA) is 34.0 Å². The summed E-state index contributed by atoms with van der Waals surface area (Å²) in [5, 5.41) is 4.13. The van der Waals surface area contributed by atoms with E-state index in [0.717, 1.165) is 21.6 Å². The number of anilines is 1. The maximum Gasteiger partial charge on any atom is 0.234 e. The number of aryl methyl sites for hydroxylation is 1. The van der Waals surface area contributed by atoms with E-state index in [1.54, 1.807) is 11.8 Å². The van der Waals surface area contributed by atoms with Crippen LogP contribution >= 0.6 is 27.7 Å². The third-order valence-electron chi connectivity index (χ3n) is 4.67. The molecule has 0 bridgehead atoms. The minimum absolute atomic E-state index is 0.00663. The molecule has 0 aliphatic carbocycles. The van der Waals surface area contributed by atoms with Gasteiger partial charge in [-0.1, -0.05) is 64.0 Å². The van der Waals surface area contributed by atoms with Gasteiger partial charge in [-0.05, 0) is 42.8 Å². The number of carbonyl (C=O) groups excluding carboxylic acids is 1. The lowest BCUT2D eigenvalue weighted by molar-refractivity contribution is -0.113. The minimum Gasteiger partial charge on any atom is -0.342 e. The van der Waals surface area contributed by atoms with Crippen molar-refractivity contribution in [1.29, 1.82) is 0 Å². The van der Waals surface area contributed by atoms with Crippen LogP contribution in [0.5, 0.6) is 0 Å². The second-order valence-corrected chi connectivity index (χ2v) is 8.90. The number of amides is 1. The highest BCUT2D eigenvalue weighted by atomic mass is 79.9. The van der Waals surface area contributed by atoms with Gasteiger partial charge in [0.25, 0.3) is 0 Å². The molecule has 0 aliphatic rings. The second-order valence-electron chi connectivity index (χ2n) is 6.97. The van der Waals surface area contributed by atoms with Gasteiger partial charge in [-0.3, -0.25) is 4.79 Å².